The predicted octanol–water partition coefficient (Wildman–Crippen LogP) is 2.66. The minimum absolute atomic E-state index is 0.115. The van der Waals surface area contributed by atoms with Crippen LogP contribution in [0.2, 0.25) is 0 Å². The number of aryl methyl sites for hydroxylation is 1. The fourth-order valence-corrected chi connectivity index (χ4v) is 1.67. The molecule has 0 bridgehead atoms. The van der Waals surface area contributed by atoms with Crippen molar-refractivity contribution in [3.63, 3.8) is 0 Å². The van der Waals surface area contributed by atoms with Crippen molar-refractivity contribution in [2.45, 2.75) is 38.7 Å². The molecule has 0 saturated heterocycles. The first-order valence-electron chi connectivity index (χ1n) is 5.91. The molecule has 1 amide bonds. The number of carbonyl (C=O) groups excluding carboxylic acids is 1. The fraction of sp³-hybridized carbons (Fsp3) is 0.462. The molecule has 1 rings (SSSR count). The van der Waals surface area contributed by atoms with E-state index in [1.54, 1.807) is 39.0 Å². The minimum atomic E-state index is -0.598. The molecule has 0 heterocycles. The van der Waals surface area contributed by atoms with E-state index in [2.05, 4.69) is 23.5 Å². The number of thiol groups is 1. The monoisotopic (exact) mass is 284 g/mol. The van der Waals surface area contributed by atoms with E-state index in [-0.39, 0.29) is 5.75 Å². The van der Waals surface area contributed by atoms with Gasteiger partial charge in [0.15, 0.2) is 0 Å². The molecular formula is C13H20N2O3S. The summed E-state index contributed by atoms with van der Waals surface area (Å²) in [6.07, 6.45) is -0.598. The molecule has 0 aliphatic carbocycles. The molecule has 6 heteroatoms. The van der Waals surface area contributed by atoms with Gasteiger partial charge in [-0.15, -0.1) is 0 Å². The average molecular weight is 284 g/mol. The molecule has 5 nitrogen and oxygen atoms in total. The average Bonchev–Trinajstić information content (AvgIpc) is 2.27. The van der Waals surface area contributed by atoms with Crippen LogP contribution in [-0.2, 0) is 4.74 Å². The number of phenols is 1. The number of nitrogens with one attached hydrogen (secondary N) is 2. The van der Waals surface area contributed by atoms with Crippen LogP contribution in [0.3, 0.4) is 0 Å². The number of ether oxygens (including phenoxy) is 1. The molecule has 1 atom stereocenters. The Balaban J connectivity index is 2.58. The zero-order valence-electron chi connectivity index (χ0n) is 11.5. The Labute approximate surface area is 118 Å². The van der Waals surface area contributed by atoms with Crippen molar-refractivity contribution in [2.24, 2.45) is 0 Å². The lowest BCUT2D eigenvalue weighted by Gasteiger charge is -2.21. The Morgan fingerprint density at radius 3 is 2.63 bits per heavy atom. The second kappa shape index (κ2) is 6.16. The van der Waals surface area contributed by atoms with E-state index in [1.165, 1.54) is 0 Å². The van der Waals surface area contributed by atoms with Crippen LogP contribution in [0.1, 0.15) is 37.3 Å². The first kappa shape index (κ1) is 15.7. The summed E-state index contributed by atoms with van der Waals surface area (Å²) >= 11 is 4.28. The molecule has 3 N–H and O–H groups in total. The molecule has 1 aromatic carbocycles. The van der Waals surface area contributed by atoms with E-state index in [9.17, 15) is 9.90 Å². The Bertz CT molecular complexity index is 458. The summed E-state index contributed by atoms with van der Waals surface area (Å²) in [6, 6.07) is 5.17. The molecule has 106 valence electrons. The number of hydrazine groups is 1. The molecule has 19 heavy (non-hydrogen) atoms. The highest BCUT2D eigenvalue weighted by Gasteiger charge is 2.17. The van der Waals surface area contributed by atoms with Crippen LogP contribution in [0.15, 0.2) is 18.2 Å². The summed E-state index contributed by atoms with van der Waals surface area (Å²) in [7, 11) is 0. The normalized spacial score (nSPS) is 12.9. The van der Waals surface area contributed by atoms with Gasteiger partial charge in [0.2, 0.25) is 0 Å². The highest BCUT2D eigenvalue weighted by molar-refractivity contribution is 7.80. The smallest absolute Gasteiger partial charge is 0.422 e. The van der Waals surface area contributed by atoms with Crippen molar-refractivity contribution < 1.29 is 14.6 Å². The number of benzene rings is 1. The van der Waals surface area contributed by atoms with Crippen molar-refractivity contribution in [3.8, 4) is 5.75 Å². The van der Waals surface area contributed by atoms with Gasteiger partial charge in [0, 0.05) is 5.56 Å². The van der Waals surface area contributed by atoms with Crippen molar-refractivity contribution in [3.05, 3.63) is 29.3 Å². The van der Waals surface area contributed by atoms with E-state index in [4.69, 9.17) is 4.74 Å². The van der Waals surface area contributed by atoms with Crippen LogP contribution in [0.5, 0.6) is 5.75 Å². The van der Waals surface area contributed by atoms with E-state index >= 15 is 0 Å². The van der Waals surface area contributed by atoms with Gasteiger partial charge in [-0.3, -0.25) is 5.43 Å². The third-order valence-corrected chi connectivity index (χ3v) is 2.59. The standard InChI is InChI=1S/C13H20N2O3S/c1-8-5-6-10(16)9(7-8)11(19)14-15-12(17)18-13(2,3)4/h5-7,11,14,16,19H,1-4H3,(H,15,17). The molecular weight excluding hydrogens is 264 g/mol. The zero-order chi connectivity index (χ0) is 14.6. The van der Waals surface area contributed by atoms with Gasteiger partial charge in [-0.05, 0) is 39.8 Å². The Kier molecular flexibility index (Phi) is 5.08. The summed E-state index contributed by atoms with van der Waals surface area (Å²) < 4.78 is 5.07. The van der Waals surface area contributed by atoms with Crippen molar-refractivity contribution in [1.82, 2.24) is 10.9 Å². The zero-order valence-corrected chi connectivity index (χ0v) is 12.4. The highest BCUT2D eigenvalue weighted by Crippen LogP contribution is 2.26. The summed E-state index contributed by atoms with van der Waals surface area (Å²) in [5.41, 5.74) is 6.06. The van der Waals surface area contributed by atoms with Crippen LogP contribution in [-0.4, -0.2) is 16.8 Å². The predicted molar refractivity (Wildman–Crippen MR) is 77.1 cm³/mol. The first-order chi connectivity index (χ1) is 8.69. The van der Waals surface area contributed by atoms with Gasteiger partial charge in [0.05, 0.1) is 5.37 Å². The van der Waals surface area contributed by atoms with Gasteiger partial charge < -0.3 is 9.84 Å². The van der Waals surface area contributed by atoms with Crippen molar-refractivity contribution in [1.29, 1.82) is 0 Å². The van der Waals surface area contributed by atoms with E-state index in [1.807, 2.05) is 6.92 Å². The van der Waals surface area contributed by atoms with Crippen LogP contribution in [0.4, 0.5) is 4.79 Å². The highest BCUT2D eigenvalue weighted by atomic mass is 32.1. The second-order valence-corrected chi connectivity index (χ2v) is 5.75. The summed E-state index contributed by atoms with van der Waals surface area (Å²) in [6.45, 7) is 7.23. The quantitative estimate of drug-likeness (QED) is 0.391. The van der Waals surface area contributed by atoms with Crippen molar-refractivity contribution >= 4 is 18.7 Å². The summed E-state index contributed by atoms with van der Waals surface area (Å²) in [5.74, 6) is 0.115. The number of carbonyl (C=O) groups is 1. The van der Waals surface area contributed by atoms with Gasteiger partial charge in [-0.1, -0.05) is 11.6 Å². The van der Waals surface area contributed by atoms with Crippen LogP contribution in [0, 0.1) is 6.92 Å². The third kappa shape index (κ3) is 5.40. The largest absolute Gasteiger partial charge is 0.508 e. The Morgan fingerprint density at radius 2 is 2.05 bits per heavy atom. The van der Waals surface area contributed by atoms with Crippen LogP contribution in [0.25, 0.3) is 0 Å². The molecule has 0 aromatic heterocycles. The summed E-state index contributed by atoms with van der Waals surface area (Å²) in [4.78, 5) is 11.5. The number of phenolic OH excluding ortho intramolecular Hbond substituents is 1. The molecule has 0 radical (unpaired) electrons. The third-order valence-electron chi connectivity index (χ3n) is 2.19. The molecule has 1 aromatic rings. The maximum atomic E-state index is 11.5. The SMILES string of the molecule is Cc1ccc(O)c(C(S)NNC(=O)OC(C)(C)C)c1. The minimum Gasteiger partial charge on any atom is -0.508 e. The molecule has 1 unspecified atom stereocenters. The number of amides is 1. The maximum Gasteiger partial charge on any atom is 0.422 e. The van der Waals surface area contributed by atoms with Gasteiger partial charge in [-0.25, -0.2) is 10.2 Å². The molecule has 0 aliphatic heterocycles. The number of aromatic hydroxyl groups is 1. The van der Waals surface area contributed by atoms with E-state index < -0.39 is 17.1 Å². The maximum absolute atomic E-state index is 11.5. The van der Waals surface area contributed by atoms with E-state index in [0.29, 0.717) is 5.56 Å². The van der Waals surface area contributed by atoms with Crippen LogP contribution < -0.4 is 10.9 Å². The number of hydrogen-bond acceptors (Lipinski definition) is 5. The molecule has 0 aliphatic rings. The molecule has 0 spiro atoms. The van der Waals surface area contributed by atoms with E-state index in [0.717, 1.165) is 5.56 Å². The summed E-state index contributed by atoms with van der Waals surface area (Å²) in [5, 5.41) is 9.19. The van der Waals surface area contributed by atoms with Gasteiger partial charge >= 0.3 is 6.09 Å². The van der Waals surface area contributed by atoms with Gasteiger partial charge in [0.1, 0.15) is 11.4 Å². The first-order valence-corrected chi connectivity index (χ1v) is 6.43. The number of hydrogen-bond donors (Lipinski definition) is 4. The van der Waals surface area contributed by atoms with Crippen molar-refractivity contribution in [2.75, 3.05) is 0 Å². The number of rotatable bonds is 3. The Hall–Kier alpha value is -1.40. The fourth-order valence-electron chi connectivity index (χ4n) is 1.40. The van der Waals surface area contributed by atoms with Crippen LogP contribution >= 0.6 is 12.6 Å². The molecule has 0 fully saturated rings. The lowest BCUT2D eigenvalue weighted by Crippen LogP contribution is -2.41. The lowest BCUT2D eigenvalue weighted by atomic mass is 10.1. The second-order valence-electron chi connectivity index (χ2n) is 5.24. The molecule has 0 saturated carbocycles. The Morgan fingerprint density at radius 1 is 1.42 bits per heavy atom. The topological polar surface area (TPSA) is 70.6 Å². The lowest BCUT2D eigenvalue weighted by molar-refractivity contribution is 0.0496. The van der Waals surface area contributed by atoms with Gasteiger partial charge in [-0.2, -0.15) is 12.6 Å². The van der Waals surface area contributed by atoms with Gasteiger partial charge in [0.25, 0.3) is 0 Å².